The van der Waals surface area contributed by atoms with Gasteiger partial charge in [-0.3, -0.25) is 9.59 Å². The maximum atomic E-state index is 12.7. The molecule has 0 unspecified atom stereocenters. The van der Waals surface area contributed by atoms with Crippen molar-refractivity contribution in [3.05, 3.63) is 45.6 Å². The summed E-state index contributed by atoms with van der Waals surface area (Å²) in [6.45, 7) is 3.79. The molecular formula is C20H21N3O6S. The molecule has 3 aromatic rings. The number of carbonyl (C=O) groups is 2. The van der Waals surface area contributed by atoms with Crippen LogP contribution < -0.4 is 15.8 Å². The Kier molecular flexibility index (Phi) is 5.22. The van der Waals surface area contributed by atoms with Crippen LogP contribution in [0.4, 0.5) is 0 Å². The number of primary amides is 1. The fourth-order valence-corrected chi connectivity index (χ4v) is 4.19. The second kappa shape index (κ2) is 7.71. The Morgan fingerprint density at radius 3 is 2.73 bits per heavy atom. The highest BCUT2D eigenvalue weighted by Crippen LogP contribution is 2.39. The third-order valence-electron chi connectivity index (χ3n) is 4.95. The van der Waals surface area contributed by atoms with Gasteiger partial charge in [-0.15, -0.1) is 11.3 Å². The number of fused-ring (bicyclic) bond motifs is 1. The molecule has 2 aromatic heterocycles. The van der Waals surface area contributed by atoms with E-state index in [0.717, 1.165) is 9.88 Å². The molecule has 0 aliphatic carbocycles. The molecule has 1 saturated heterocycles. The molecule has 1 aromatic carbocycles. The number of nitrogens with two attached hydrogens (primary N) is 1. The van der Waals surface area contributed by atoms with Crippen molar-refractivity contribution < 1.29 is 28.6 Å². The smallest absolute Gasteiger partial charge is 0.256 e. The van der Waals surface area contributed by atoms with Crippen LogP contribution >= 0.6 is 11.3 Å². The van der Waals surface area contributed by atoms with Crippen molar-refractivity contribution >= 4 is 34.1 Å². The Morgan fingerprint density at radius 2 is 2.17 bits per heavy atom. The molecular weight excluding hydrogens is 410 g/mol. The largest absolute Gasteiger partial charge is 0.477 e. The molecule has 1 atom stereocenters. The zero-order valence-corrected chi connectivity index (χ0v) is 17.2. The van der Waals surface area contributed by atoms with E-state index in [-0.39, 0.29) is 5.56 Å². The van der Waals surface area contributed by atoms with Gasteiger partial charge in [-0.25, -0.2) is 4.98 Å². The zero-order chi connectivity index (χ0) is 21.5. The summed E-state index contributed by atoms with van der Waals surface area (Å²) in [4.78, 5) is 29.4. The number of aliphatic hydroxyl groups is 1. The van der Waals surface area contributed by atoms with Crippen LogP contribution in [0.25, 0.3) is 11.0 Å². The number of furan rings is 1. The van der Waals surface area contributed by atoms with Crippen LogP contribution in [0.15, 0.2) is 28.8 Å². The van der Waals surface area contributed by atoms with Crippen LogP contribution in [-0.4, -0.2) is 47.8 Å². The van der Waals surface area contributed by atoms with E-state index < -0.39 is 30.1 Å². The lowest BCUT2D eigenvalue weighted by Crippen LogP contribution is -2.51. The fourth-order valence-electron chi connectivity index (χ4n) is 3.32. The Bertz CT molecular complexity index is 1120. The van der Waals surface area contributed by atoms with E-state index in [9.17, 15) is 14.7 Å². The molecule has 4 rings (SSSR count). The number of rotatable bonds is 7. The Morgan fingerprint density at radius 1 is 1.40 bits per heavy atom. The molecule has 10 heteroatoms. The minimum atomic E-state index is -1.19. The van der Waals surface area contributed by atoms with Crippen molar-refractivity contribution in [3.8, 4) is 5.75 Å². The summed E-state index contributed by atoms with van der Waals surface area (Å²) in [6, 6.07) is 4.01. The molecule has 30 heavy (non-hydrogen) atoms. The molecule has 158 valence electrons. The van der Waals surface area contributed by atoms with Gasteiger partial charge in [0.05, 0.1) is 35.3 Å². The Balaban J connectivity index is 1.66. The molecule has 4 N–H and O–H groups in total. The van der Waals surface area contributed by atoms with Gasteiger partial charge < -0.3 is 30.0 Å². The third kappa shape index (κ3) is 3.53. The van der Waals surface area contributed by atoms with Gasteiger partial charge in [0, 0.05) is 11.6 Å². The van der Waals surface area contributed by atoms with Crippen LogP contribution in [0.3, 0.4) is 0 Å². The number of thiazole rings is 1. The molecule has 0 saturated carbocycles. The van der Waals surface area contributed by atoms with Gasteiger partial charge in [0.1, 0.15) is 23.1 Å². The molecule has 9 nitrogen and oxygen atoms in total. The fraction of sp³-hybridized carbons (Fsp3) is 0.350. The molecule has 0 spiro atoms. The first kappa shape index (κ1) is 20.3. The third-order valence-corrected chi connectivity index (χ3v) is 6.05. The van der Waals surface area contributed by atoms with E-state index in [4.69, 9.17) is 19.6 Å². The van der Waals surface area contributed by atoms with E-state index in [0.29, 0.717) is 35.7 Å². The first-order chi connectivity index (χ1) is 14.3. The molecule has 1 aliphatic rings. The van der Waals surface area contributed by atoms with Crippen molar-refractivity contribution in [3.63, 3.8) is 0 Å². The van der Waals surface area contributed by atoms with E-state index in [1.807, 2.05) is 6.92 Å². The van der Waals surface area contributed by atoms with Gasteiger partial charge in [0.25, 0.3) is 5.91 Å². The van der Waals surface area contributed by atoms with E-state index in [1.165, 1.54) is 0 Å². The first-order valence-corrected chi connectivity index (χ1v) is 10.1. The number of hydrogen-bond donors (Lipinski definition) is 3. The highest BCUT2D eigenvalue weighted by Gasteiger charge is 2.45. The summed E-state index contributed by atoms with van der Waals surface area (Å²) < 4.78 is 17.4. The highest BCUT2D eigenvalue weighted by molar-refractivity contribution is 7.11. The van der Waals surface area contributed by atoms with Crippen LogP contribution in [0, 0.1) is 13.8 Å². The lowest BCUT2D eigenvalue weighted by atomic mass is 10.0. The van der Waals surface area contributed by atoms with E-state index in [2.05, 4.69) is 10.3 Å². The van der Waals surface area contributed by atoms with Crippen LogP contribution in [0.1, 0.15) is 26.0 Å². The van der Waals surface area contributed by atoms with Crippen LogP contribution in [0.5, 0.6) is 5.75 Å². The van der Waals surface area contributed by atoms with Crippen molar-refractivity contribution in [2.75, 3.05) is 19.8 Å². The van der Waals surface area contributed by atoms with Crippen molar-refractivity contribution in [2.24, 2.45) is 5.73 Å². The first-order valence-electron chi connectivity index (χ1n) is 9.27. The maximum Gasteiger partial charge on any atom is 0.256 e. The van der Waals surface area contributed by atoms with Crippen molar-refractivity contribution in [2.45, 2.75) is 25.5 Å². The number of amides is 2. The zero-order valence-electron chi connectivity index (χ0n) is 16.4. The highest BCUT2D eigenvalue weighted by atomic mass is 32.1. The minimum absolute atomic E-state index is 0.252. The maximum absolute atomic E-state index is 12.7. The molecule has 0 bridgehead atoms. The number of nitrogens with zero attached hydrogens (tertiary/aromatic N) is 1. The Hall–Kier alpha value is -2.95. The molecule has 0 radical (unpaired) electrons. The summed E-state index contributed by atoms with van der Waals surface area (Å²) in [6.07, 6.45) is 1.79. The van der Waals surface area contributed by atoms with Crippen LogP contribution in [0.2, 0.25) is 0 Å². The van der Waals surface area contributed by atoms with Crippen LogP contribution in [-0.2, 0) is 15.1 Å². The number of nitrogens with one attached hydrogen (secondary N) is 1. The minimum Gasteiger partial charge on any atom is -0.477 e. The summed E-state index contributed by atoms with van der Waals surface area (Å²) in [5.41, 5.74) is 5.33. The molecule has 1 fully saturated rings. The van der Waals surface area contributed by atoms with Gasteiger partial charge in [-0.2, -0.15) is 0 Å². The second-order valence-electron chi connectivity index (χ2n) is 7.13. The predicted molar refractivity (Wildman–Crippen MR) is 108 cm³/mol. The topological polar surface area (TPSA) is 137 Å². The lowest BCUT2D eigenvalue weighted by Gasteiger charge is -2.40. The van der Waals surface area contributed by atoms with Gasteiger partial charge in [-0.1, -0.05) is 0 Å². The lowest BCUT2D eigenvalue weighted by molar-refractivity contribution is -0.165. The van der Waals surface area contributed by atoms with E-state index >= 15 is 0 Å². The molecule has 1 aliphatic heterocycles. The predicted octanol–water partition coefficient (Wildman–Crippen LogP) is 1.39. The van der Waals surface area contributed by atoms with E-state index in [1.54, 1.807) is 42.7 Å². The average Bonchev–Trinajstić information content (AvgIpc) is 3.24. The average molecular weight is 431 g/mol. The Labute approximate surface area is 175 Å². The SMILES string of the molecule is Cc1ncc(C2(Oc3ccc4oc(C)c(C(=O)N[C@@H](CO)C(N)=O)c4c3)COC2)s1. The van der Waals surface area contributed by atoms with Gasteiger partial charge in [-0.05, 0) is 32.0 Å². The van der Waals surface area contributed by atoms with Crippen molar-refractivity contribution in [1.82, 2.24) is 10.3 Å². The summed E-state index contributed by atoms with van der Waals surface area (Å²) >= 11 is 1.55. The number of carbonyl (C=O) groups excluding carboxylic acids is 2. The normalized spacial score (nSPS) is 16.1. The standard InChI is InChI=1S/C20H21N3O6S/c1-10-17(19(26)23-14(7-24)18(21)25)13-5-12(3-4-15(13)28-10)29-20(8-27-9-20)16-6-22-11(2)30-16/h3-6,14,24H,7-9H2,1-2H3,(H2,21,25)(H,23,26)/t14-/m0/s1. The van der Waals surface area contributed by atoms with Crippen molar-refractivity contribution in [1.29, 1.82) is 0 Å². The quantitative estimate of drug-likeness (QED) is 0.514. The number of aromatic nitrogens is 1. The summed E-state index contributed by atoms with van der Waals surface area (Å²) in [5, 5.41) is 13.2. The molecule has 3 heterocycles. The number of hydrogen-bond acceptors (Lipinski definition) is 8. The van der Waals surface area contributed by atoms with Gasteiger partial charge in [0.15, 0.2) is 5.60 Å². The number of benzene rings is 1. The summed E-state index contributed by atoms with van der Waals surface area (Å²) in [5.74, 6) is -0.478. The molecule has 2 amide bonds. The van der Waals surface area contributed by atoms with Gasteiger partial charge in [0.2, 0.25) is 5.91 Å². The number of aliphatic hydroxyl groups excluding tert-OH is 1. The van der Waals surface area contributed by atoms with Gasteiger partial charge >= 0.3 is 0 Å². The monoisotopic (exact) mass is 431 g/mol. The summed E-state index contributed by atoms with van der Waals surface area (Å²) in [7, 11) is 0. The second-order valence-corrected chi connectivity index (χ2v) is 8.37. The number of aryl methyl sites for hydroxylation is 2. The number of ether oxygens (including phenoxy) is 2.